The van der Waals surface area contributed by atoms with Crippen LogP contribution in [0.1, 0.15) is 20.3 Å². The van der Waals surface area contributed by atoms with Crippen molar-refractivity contribution in [3.05, 3.63) is 0 Å². The zero-order valence-electron chi connectivity index (χ0n) is 14.0. The summed E-state index contributed by atoms with van der Waals surface area (Å²) in [6.07, 6.45) is 0.412. The average molecular weight is 425 g/mol. The Morgan fingerprint density at radius 3 is 2.14 bits per heavy atom. The first kappa shape index (κ1) is 20.9. The molecule has 1 aliphatic rings. The number of guanidine groups is 1. The van der Waals surface area contributed by atoms with Crippen LogP contribution in [0.2, 0.25) is 0 Å². The Balaban J connectivity index is 0.00000441. The lowest BCUT2D eigenvalue weighted by Gasteiger charge is -2.36. The molecule has 0 bridgehead atoms. The first-order chi connectivity index (χ1) is 9.95. The SMILES string of the molecule is CCNC(=NCCC(=O)N(C)C)N1CCN(C(C)=O)CC1.I. The number of carbonyl (C=O) groups excluding carboxylic acids is 2. The molecule has 8 heteroatoms. The molecule has 0 radical (unpaired) electrons. The summed E-state index contributed by atoms with van der Waals surface area (Å²) in [6.45, 7) is 7.86. The Bertz CT molecular complexity index is 393. The summed E-state index contributed by atoms with van der Waals surface area (Å²) in [4.78, 5) is 33.0. The molecular formula is C14H28IN5O2. The number of rotatable bonds is 4. The van der Waals surface area contributed by atoms with Gasteiger partial charge in [-0.3, -0.25) is 14.6 Å². The van der Waals surface area contributed by atoms with E-state index in [-0.39, 0.29) is 35.8 Å². The number of nitrogens with one attached hydrogen (secondary N) is 1. The lowest BCUT2D eigenvalue weighted by Crippen LogP contribution is -2.53. The fourth-order valence-corrected chi connectivity index (χ4v) is 2.14. The van der Waals surface area contributed by atoms with E-state index in [1.165, 1.54) is 0 Å². The molecular weight excluding hydrogens is 397 g/mol. The van der Waals surface area contributed by atoms with Crippen LogP contribution in [0.3, 0.4) is 0 Å². The molecule has 0 aliphatic carbocycles. The highest BCUT2D eigenvalue weighted by atomic mass is 127. The largest absolute Gasteiger partial charge is 0.357 e. The highest BCUT2D eigenvalue weighted by molar-refractivity contribution is 14.0. The summed E-state index contributed by atoms with van der Waals surface area (Å²) >= 11 is 0. The maximum atomic E-state index is 11.6. The number of hydrogen-bond donors (Lipinski definition) is 1. The van der Waals surface area contributed by atoms with Crippen LogP contribution in [0, 0.1) is 0 Å². The third-order valence-corrected chi connectivity index (χ3v) is 3.45. The topological polar surface area (TPSA) is 68.2 Å². The third kappa shape index (κ3) is 6.80. The number of amides is 2. The van der Waals surface area contributed by atoms with E-state index < -0.39 is 0 Å². The van der Waals surface area contributed by atoms with Crippen LogP contribution in [0.4, 0.5) is 0 Å². The van der Waals surface area contributed by atoms with Gasteiger partial charge in [-0.05, 0) is 6.92 Å². The van der Waals surface area contributed by atoms with E-state index in [0.29, 0.717) is 13.0 Å². The smallest absolute Gasteiger partial charge is 0.223 e. The van der Waals surface area contributed by atoms with Gasteiger partial charge in [-0.1, -0.05) is 0 Å². The van der Waals surface area contributed by atoms with Gasteiger partial charge >= 0.3 is 0 Å². The number of nitrogens with zero attached hydrogens (tertiary/aromatic N) is 4. The predicted octanol–water partition coefficient (Wildman–Crippen LogP) is 0.212. The van der Waals surface area contributed by atoms with Crippen molar-refractivity contribution in [1.29, 1.82) is 0 Å². The van der Waals surface area contributed by atoms with Crippen LogP contribution in [-0.2, 0) is 9.59 Å². The van der Waals surface area contributed by atoms with Crippen molar-refractivity contribution in [3.63, 3.8) is 0 Å². The van der Waals surface area contributed by atoms with Gasteiger partial charge in [0.2, 0.25) is 11.8 Å². The molecule has 0 aromatic rings. The molecule has 1 aliphatic heterocycles. The van der Waals surface area contributed by atoms with Crippen molar-refractivity contribution in [1.82, 2.24) is 20.0 Å². The predicted molar refractivity (Wildman–Crippen MR) is 98.5 cm³/mol. The lowest BCUT2D eigenvalue weighted by molar-refractivity contribution is -0.130. The Kier molecular flexibility index (Phi) is 10.1. The second kappa shape index (κ2) is 10.6. The van der Waals surface area contributed by atoms with Gasteiger partial charge in [0.1, 0.15) is 0 Å². The summed E-state index contributed by atoms with van der Waals surface area (Å²) < 4.78 is 0. The van der Waals surface area contributed by atoms with Gasteiger partial charge in [0, 0.05) is 60.2 Å². The molecule has 1 fully saturated rings. The van der Waals surface area contributed by atoms with Crippen LogP contribution < -0.4 is 5.32 Å². The lowest BCUT2D eigenvalue weighted by atomic mass is 10.3. The minimum absolute atomic E-state index is 0. The average Bonchev–Trinajstić information content (AvgIpc) is 2.46. The molecule has 7 nitrogen and oxygen atoms in total. The molecule has 1 rings (SSSR count). The minimum atomic E-state index is 0. The number of carbonyl (C=O) groups is 2. The Labute approximate surface area is 150 Å². The van der Waals surface area contributed by atoms with E-state index in [2.05, 4.69) is 15.2 Å². The van der Waals surface area contributed by atoms with Crippen molar-refractivity contribution < 1.29 is 9.59 Å². The third-order valence-electron chi connectivity index (χ3n) is 3.45. The zero-order valence-corrected chi connectivity index (χ0v) is 16.3. The van der Waals surface area contributed by atoms with Crippen LogP contribution in [0.5, 0.6) is 0 Å². The Hall–Kier alpha value is -1.06. The quantitative estimate of drug-likeness (QED) is 0.398. The number of hydrogen-bond acceptors (Lipinski definition) is 3. The molecule has 0 atom stereocenters. The Morgan fingerprint density at radius 2 is 1.68 bits per heavy atom. The summed E-state index contributed by atoms with van der Waals surface area (Å²) in [5.41, 5.74) is 0. The highest BCUT2D eigenvalue weighted by Crippen LogP contribution is 2.03. The maximum Gasteiger partial charge on any atom is 0.223 e. The highest BCUT2D eigenvalue weighted by Gasteiger charge is 2.20. The van der Waals surface area contributed by atoms with E-state index in [4.69, 9.17) is 0 Å². The van der Waals surface area contributed by atoms with Crippen LogP contribution in [-0.4, -0.2) is 85.8 Å². The molecule has 2 amide bonds. The first-order valence-electron chi connectivity index (χ1n) is 7.44. The molecule has 1 heterocycles. The van der Waals surface area contributed by atoms with Crippen molar-refractivity contribution in [2.45, 2.75) is 20.3 Å². The maximum absolute atomic E-state index is 11.6. The van der Waals surface area contributed by atoms with Gasteiger partial charge in [-0.25, -0.2) is 0 Å². The summed E-state index contributed by atoms with van der Waals surface area (Å²) in [6, 6.07) is 0. The molecule has 128 valence electrons. The zero-order chi connectivity index (χ0) is 15.8. The molecule has 22 heavy (non-hydrogen) atoms. The van der Waals surface area contributed by atoms with Crippen LogP contribution in [0.15, 0.2) is 4.99 Å². The second-order valence-electron chi connectivity index (χ2n) is 5.27. The van der Waals surface area contributed by atoms with E-state index >= 15 is 0 Å². The number of piperazine rings is 1. The van der Waals surface area contributed by atoms with Crippen LogP contribution >= 0.6 is 24.0 Å². The van der Waals surface area contributed by atoms with Crippen molar-refractivity contribution in [2.75, 3.05) is 53.4 Å². The van der Waals surface area contributed by atoms with E-state index in [0.717, 1.165) is 38.7 Å². The van der Waals surface area contributed by atoms with Crippen molar-refractivity contribution in [2.24, 2.45) is 4.99 Å². The fraction of sp³-hybridized carbons (Fsp3) is 0.786. The standard InChI is InChI=1S/C14H27N5O2.HI/c1-5-15-14(16-7-6-13(21)17(3)4)19-10-8-18(9-11-19)12(2)20;/h5-11H2,1-4H3,(H,15,16);1H. The molecule has 0 spiro atoms. The molecule has 0 aromatic heterocycles. The molecule has 0 aromatic carbocycles. The van der Waals surface area contributed by atoms with Gasteiger partial charge < -0.3 is 20.0 Å². The molecule has 1 N–H and O–H groups in total. The fourth-order valence-electron chi connectivity index (χ4n) is 2.14. The summed E-state index contributed by atoms with van der Waals surface area (Å²) in [5.74, 6) is 1.02. The number of aliphatic imine (C=N–C) groups is 1. The van der Waals surface area contributed by atoms with Crippen molar-refractivity contribution in [3.8, 4) is 0 Å². The normalized spacial score (nSPS) is 15.2. The monoisotopic (exact) mass is 425 g/mol. The van der Waals surface area contributed by atoms with Gasteiger partial charge in [0.05, 0.1) is 6.54 Å². The molecule has 0 unspecified atom stereocenters. The van der Waals surface area contributed by atoms with Crippen LogP contribution in [0.25, 0.3) is 0 Å². The second-order valence-corrected chi connectivity index (χ2v) is 5.27. The number of halogens is 1. The van der Waals surface area contributed by atoms with Gasteiger partial charge in [-0.15, -0.1) is 24.0 Å². The molecule has 1 saturated heterocycles. The van der Waals surface area contributed by atoms with Gasteiger partial charge in [0.25, 0.3) is 0 Å². The van der Waals surface area contributed by atoms with E-state index in [1.54, 1.807) is 25.9 Å². The Morgan fingerprint density at radius 1 is 1.14 bits per heavy atom. The molecule has 0 saturated carbocycles. The van der Waals surface area contributed by atoms with E-state index in [9.17, 15) is 9.59 Å². The van der Waals surface area contributed by atoms with Gasteiger partial charge in [0.15, 0.2) is 5.96 Å². The first-order valence-corrected chi connectivity index (χ1v) is 7.44. The minimum Gasteiger partial charge on any atom is -0.357 e. The van der Waals surface area contributed by atoms with Crippen molar-refractivity contribution >= 4 is 41.8 Å². The summed E-state index contributed by atoms with van der Waals surface area (Å²) in [5, 5.41) is 3.25. The summed E-state index contributed by atoms with van der Waals surface area (Å²) in [7, 11) is 3.50. The van der Waals surface area contributed by atoms with Gasteiger partial charge in [-0.2, -0.15) is 0 Å². The van der Waals surface area contributed by atoms with E-state index in [1.807, 2.05) is 11.8 Å².